The third-order valence-corrected chi connectivity index (χ3v) is 4.77. The average Bonchev–Trinajstić information content (AvgIpc) is 2.50. The molecule has 0 fully saturated rings. The Labute approximate surface area is 152 Å². The van der Waals surface area contributed by atoms with Crippen molar-refractivity contribution in [1.29, 1.82) is 0 Å². The van der Waals surface area contributed by atoms with Crippen LogP contribution in [0.1, 0.15) is 11.1 Å². The van der Waals surface area contributed by atoms with E-state index in [1.807, 2.05) is 56.3 Å². The number of halogens is 2. The second-order valence-corrected chi connectivity index (χ2v) is 6.61. The molecule has 0 amide bonds. The van der Waals surface area contributed by atoms with Crippen molar-refractivity contribution >= 4 is 34.6 Å². The van der Waals surface area contributed by atoms with Crippen molar-refractivity contribution in [3.63, 3.8) is 0 Å². The van der Waals surface area contributed by atoms with E-state index in [4.69, 9.17) is 34.7 Å². The molecule has 24 heavy (non-hydrogen) atoms. The summed E-state index contributed by atoms with van der Waals surface area (Å²) in [6.07, 6.45) is 0. The Balaban J connectivity index is 2.25. The number of hydrogen-bond acceptors (Lipinski definition) is 2. The van der Waals surface area contributed by atoms with E-state index in [1.54, 1.807) is 0 Å². The number of anilines is 2. The van der Waals surface area contributed by atoms with Crippen molar-refractivity contribution in [3.8, 4) is 22.3 Å². The van der Waals surface area contributed by atoms with Crippen LogP contribution in [0.2, 0.25) is 10.0 Å². The van der Waals surface area contributed by atoms with Gasteiger partial charge < -0.3 is 11.5 Å². The number of rotatable bonds is 2. The zero-order valence-corrected chi connectivity index (χ0v) is 15.0. The molecule has 0 atom stereocenters. The number of nitrogens with two attached hydrogens (primary N) is 2. The van der Waals surface area contributed by atoms with Gasteiger partial charge in [0.05, 0.1) is 10.0 Å². The molecule has 0 saturated carbocycles. The Morgan fingerprint density at radius 3 is 1.88 bits per heavy atom. The zero-order chi connectivity index (χ0) is 17.4. The molecule has 0 aliphatic rings. The Morgan fingerprint density at radius 1 is 0.792 bits per heavy atom. The Hall–Kier alpha value is -2.16. The average molecular weight is 356 g/mol. The molecule has 0 spiro atoms. The SMILES string of the molecule is Cc1cc(N)ccc1-c1c[c]c(Cl)c(-c2ccc(N)cc2C)c1Cl. The molecule has 0 heterocycles. The van der Waals surface area contributed by atoms with Gasteiger partial charge in [0.25, 0.3) is 0 Å². The van der Waals surface area contributed by atoms with Gasteiger partial charge in [-0.15, -0.1) is 0 Å². The van der Waals surface area contributed by atoms with Gasteiger partial charge in [0.2, 0.25) is 0 Å². The molecule has 4 N–H and O–H groups in total. The molecule has 1 radical (unpaired) electrons. The van der Waals surface area contributed by atoms with E-state index in [1.165, 1.54) is 0 Å². The molecule has 4 heteroatoms. The second kappa shape index (κ2) is 6.39. The van der Waals surface area contributed by atoms with E-state index < -0.39 is 0 Å². The quantitative estimate of drug-likeness (QED) is 0.561. The Bertz CT molecular complexity index is 933. The smallest absolute Gasteiger partial charge is 0.0578 e. The minimum atomic E-state index is 0.490. The highest BCUT2D eigenvalue weighted by molar-refractivity contribution is 6.41. The lowest BCUT2D eigenvalue weighted by Crippen LogP contribution is -1.93. The Kier molecular flexibility index (Phi) is 4.44. The van der Waals surface area contributed by atoms with E-state index in [9.17, 15) is 0 Å². The molecule has 3 aromatic rings. The first-order chi connectivity index (χ1) is 11.4. The summed E-state index contributed by atoms with van der Waals surface area (Å²) in [5.74, 6) is 0. The molecule has 3 rings (SSSR count). The van der Waals surface area contributed by atoms with Gasteiger partial charge in [-0.1, -0.05) is 35.3 Å². The van der Waals surface area contributed by atoms with E-state index in [2.05, 4.69) is 6.07 Å². The molecule has 2 nitrogen and oxygen atoms in total. The van der Waals surface area contributed by atoms with Crippen molar-refractivity contribution < 1.29 is 0 Å². The number of nitrogen functional groups attached to an aromatic ring is 2. The fraction of sp³-hybridized carbons (Fsp3) is 0.100. The van der Waals surface area contributed by atoms with Crippen LogP contribution in [0.25, 0.3) is 22.3 Å². The molecule has 0 bridgehead atoms. The van der Waals surface area contributed by atoms with Crippen LogP contribution in [-0.2, 0) is 0 Å². The standard InChI is InChI=1S/C20H17Cl2N2/c1-11-9-13(23)3-5-15(11)17-7-8-18(21)19(20(17)22)16-6-4-14(24)10-12(16)2/h3-7,9-10H,23-24H2,1-2H3. The van der Waals surface area contributed by atoms with Gasteiger partial charge in [0.15, 0.2) is 0 Å². The third-order valence-electron chi connectivity index (χ3n) is 4.08. The van der Waals surface area contributed by atoms with Crippen molar-refractivity contribution in [2.24, 2.45) is 0 Å². The number of aryl methyl sites for hydroxylation is 2. The van der Waals surface area contributed by atoms with Crippen LogP contribution < -0.4 is 11.5 Å². The Morgan fingerprint density at radius 2 is 1.33 bits per heavy atom. The summed E-state index contributed by atoms with van der Waals surface area (Å²) in [4.78, 5) is 0. The first-order valence-corrected chi connectivity index (χ1v) is 8.26. The minimum absolute atomic E-state index is 0.490. The van der Waals surface area contributed by atoms with Crippen molar-refractivity contribution in [3.05, 3.63) is 69.7 Å². The second-order valence-electron chi connectivity index (χ2n) is 5.85. The van der Waals surface area contributed by atoms with E-state index in [-0.39, 0.29) is 0 Å². The fourth-order valence-electron chi connectivity index (χ4n) is 2.89. The summed E-state index contributed by atoms with van der Waals surface area (Å²) in [5, 5.41) is 1.09. The van der Waals surface area contributed by atoms with Crippen LogP contribution in [0.5, 0.6) is 0 Å². The topological polar surface area (TPSA) is 52.0 Å². The first-order valence-electron chi connectivity index (χ1n) is 7.51. The zero-order valence-electron chi connectivity index (χ0n) is 13.5. The normalized spacial score (nSPS) is 10.8. The summed E-state index contributed by atoms with van der Waals surface area (Å²) in [7, 11) is 0. The monoisotopic (exact) mass is 355 g/mol. The van der Waals surface area contributed by atoms with Crippen molar-refractivity contribution in [2.75, 3.05) is 11.5 Å². The van der Waals surface area contributed by atoms with Gasteiger partial charge in [-0.05, 0) is 66.4 Å². The van der Waals surface area contributed by atoms with E-state index in [0.717, 1.165) is 39.1 Å². The van der Waals surface area contributed by atoms with Crippen LogP contribution in [-0.4, -0.2) is 0 Å². The van der Waals surface area contributed by atoms with Crippen molar-refractivity contribution in [1.82, 2.24) is 0 Å². The summed E-state index contributed by atoms with van der Waals surface area (Å²) in [5.41, 5.74) is 18.8. The third kappa shape index (κ3) is 2.95. The molecular weight excluding hydrogens is 339 g/mol. The van der Waals surface area contributed by atoms with Gasteiger partial charge in [-0.25, -0.2) is 0 Å². The predicted octanol–water partition coefficient (Wildman–Crippen LogP) is 5.91. The lowest BCUT2D eigenvalue weighted by Gasteiger charge is -2.16. The summed E-state index contributed by atoms with van der Waals surface area (Å²) in [6.45, 7) is 3.99. The van der Waals surface area contributed by atoms with Gasteiger partial charge in [-0.3, -0.25) is 0 Å². The van der Waals surface area contributed by atoms with Gasteiger partial charge >= 0.3 is 0 Å². The molecule has 0 saturated heterocycles. The van der Waals surface area contributed by atoms with Crippen LogP contribution in [0.3, 0.4) is 0 Å². The lowest BCUT2D eigenvalue weighted by atomic mass is 9.94. The number of hydrogen-bond donors (Lipinski definition) is 2. The first kappa shape index (κ1) is 16.7. The maximum absolute atomic E-state index is 6.74. The summed E-state index contributed by atoms with van der Waals surface area (Å²) < 4.78 is 0. The number of benzene rings is 3. The van der Waals surface area contributed by atoms with E-state index in [0.29, 0.717) is 15.7 Å². The van der Waals surface area contributed by atoms with E-state index >= 15 is 0 Å². The highest BCUT2D eigenvalue weighted by Crippen LogP contribution is 2.43. The molecule has 0 aromatic heterocycles. The van der Waals surface area contributed by atoms with Crippen LogP contribution in [0.4, 0.5) is 11.4 Å². The van der Waals surface area contributed by atoms with Crippen molar-refractivity contribution in [2.45, 2.75) is 13.8 Å². The van der Waals surface area contributed by atoms with Gasteiger partial charge in [0.1, 0.15) is 0 Å². The van der Waals surface area contributed by atoms with Crippen LogP contribution in [0.15, 0.2) is 42.5 Å². The molecule has 0 aliphatic carbocycles. The highest BCUT2D eigenvalue weighted by Gasteiger charge is 2.17. The summed E-state index contributed by atoms with van der Waals surface area (Å²) in [6, 6.07) is 16.4. The fourth-order valence-corrected chi connectivity index (χ4v) is 3.54. The largest absolute Gasteiger partial charge is 0.399 e. The minimum Gasteiger partial charge on any atom is -0.399 e. The maximum atomic E-state index is 6.74. The van der Waals surface area contributed by atoms with Crippen LogP contribution >= 0.6 is 23.2 Å². The lowest BCUT2D eigenvalue weighted by molar-refractivity contribution is 1.44. The maximum Gasteiger partial charge on any atom is 0.0578 e. The summed E-state index contributed by atoms with van der Waals surface area (Å²) >= 11 is 13.1. The molecule has 121 valence electrons. The molecule has 3 aromatic carbocycles. The molecule has 0 aliphatic heterocycles. The molecule has 0 unspecified atom stereocenters. The van der Waals surface area contributed by atoms with Crippen LogP contribution in [0, 0.1) is 19.9 Å². The van der Waals surface area contributed by atoms with Gasteiger partial charge in [0, 0.05) is 28.6 Å². The highest BCUT2D eigenvalue weighted by atomic mass is 35.5. The predicted molar refractivity (Wildman–Crippen MR) is 104 cm³/mol. The van der Waals surface area contributed by atoms with Gasteiger partial charge in [-0.2, -0.15) is 0 Å². The molecular formula is C20H17Cl2N2.